The van der Waals surface area contributed by atoms with Gasteiger partial charge in [0, 0.05) is 36.3 Å². The van der Waals surface area contributed by atoms with Crippen molar-refractivity contribution in [1.82, 2.24) is 4.90 Å². The number of carbonyl (C=O) groups excluding carboxylic acids is 1. The first-order chi connectivity index (χ1) is 12.6. The molecular formula is C20H24BrN3O2. The van der Waals surface area contributed by atoms with Gasteiger partial charge in [-0.25, -0.2) is 0 Å². The van der Waals surface area contributed by atoms with Crippen LogP contribution in [0.5, 0.6) is 5.75 Å². The van der Waals surface area contributed by atoms with E-state index in [0.717, 1.165) is 47.8 Å². The lowest BCUT2D eigenvalue weighted by Gasteiger charge is -2.38. The molecule has 0 aromatic heterocycles. The van der Waals surface area contributed by atoms with Gasteiger partial charge in [0.2, 0.25) is 5.91 Å². The lowest BCUT2D eigenvalue weighted by molar-refractivity contribution is -0.120. The number of anilines is 2. The number of halogens is 1. The number of benzene rings is 2. The van der Waals surface area contributed by atoms with E-state index in [-0.39, 0.29) is 11.9 Å². The number of ether oxygens (including phenoxy) is 1. The standard InChI is InChI=1S/C20H24BrN3O2/c1-15(20(25)22-17-7-5-6-16(21)14-17)23-10-12-24(13-11-23)18-8-3-4-9-19(18)26-2/h3-9,14-15H,10-13H2,1-2H3,(H,22,25)/t15-/m0/s1. The van der Waals surface area contributed by atoms with Gasteiger partial charge in [0.25, 0.3) is 0 Å². The topological polar surface area (TPSA) is 44.8 Å². The molecule has 138 valence electrons. The van der Waals surface area contributed by atoms with Crippen molar-refractivity contribution in [3.63, 3.8) is 0 Å². The number of hydrogen-bond acceptors (Lipinski definition) is 4. The lowest BCUT2D eigenvalue weighted by atomic mass is 10.2. The van der Waals surface area contributed by atoms with Crippen molar-refractivity contribution in [1.29, 1.82) is 0 Å². The predicted octanol–water partition coefficient (Wildman–Crippen LogP) is 3.61. The molecule has 1 aliphatic rings. The summed E-state index contributed by atoms with van der Waals surface area (Å²) in [5.74, 6) is 0.912. The van der Waals surface area contributed by atoms with Crippen molar-refractivity contribution in [2.45, 2.75) is 13.0 Å². The summed E-state index contributed by atoms with van der Waals surface area (Å²) in [6.45, 7) is 5.38. The Morgan fingerprint density at radius 2 is 1.85 bits per heavy atom. The van der Waals surface area contributed by atoms with Crippen LogP contribution in [0, 0.1) is 0 Å². The van der Waals surface area contributed by atoms with E-state index in [1.54, 1.807) is 7.11 Å². The number of nitrogens with one attached hydrogen (secondary N) is 1. The van der Waals surface area contributed by atoms with Crippen molar-refractivity contribution < 1.29 is 9.53 Å². The Morgan fingerprint density at radius 1 is 1.12 bits per heavy atom. The second kappa shape index (κ2) is 8.56. The van der Waals surface area contributed by atoms with E-state index in [1.165, 1.54) is 0 Å². The lowest BCUT2D eigenvalue weighted by Crippen LogP contribution is -2.52. The van der Waals surface area contributed by atoms with Gasteiger partial charge in [0.05, 0.1) is 18.8 Å². The highest BCUT2D eigenvalue weighted by molar-refractivity contribution is 9.10. The molecular weight excluding hydrogens is 394 g/mol. The average molecular weight is 418 g/mol. The minimum absolute atomic E-state index is 0.0221. The Labute approximate surface area is 163 Å². The van der Waals surface area contributed by atoms with E-state index in [4.69, 9.17) is 4.74 Å². The Morgan fingerprint density at radius 3 is 2.54 bits per heavy atom. The van der Waals surface area contributed by atoms with Gasteiger partial charge in [0.15, 0.2) is 0 Å². The molecule has 1 heterocycles. The number of hydrogen-bond donors (Lipinski definition) is 1. The van der Waals surface area contributed by atoms with E-state index in [9.17, 15) is 4.79 Å². The van der Waals surface area contributed by atoms with Crippen molar-refractivity contribution in [3.05, 3.63) is 53.0 Å². The van der Waals surface area contributed by atoms with Crippen molar-refractivity contribution in [3.8, 4) is 5.75 Å². The van der Waals surface area contributed by atoms with E-state index >= 15 is 0 Å². The largest absolute Gasteiger partial charge is 0.495 e. The average Bonchev–Trinajstić information content (AvgIpc) is 2.67. The molecule has 0 radical (unpaired) electrons. The van der Waals surface area contributed by atoms with Crippen LogP contribution >= 0.6 is 15.9 Å². The zero-order chi connectivity index (χ0) is 18.5. The third-order valence-electron chi connectivity index (χ3n) is 4.76. The smallest absolute Gasteiger partial charge is 0.241 e. The Bertz CT molecular complexity index is 760. The number of amides is 1. The zero-order valence-electron chi connectivity index (χ0n) is 15.1. The fraction of sp³-hybridized carbons (Fsp3) is 0.350. The first-order valence-corrected chi connectivity index (χ1v) is 9.56. The summed E-state index contributed by atoms with van der Waals surface area (Å²) in [6.07, 6.45) is 0. The minimum Gasteiger partial charge on any atom is -0.495 e. The van der Waals surface area contributed by atoms with E-state index in [0.29, 0.717) is 0 Å². The molecule has 26 heavy (non-hydrogen) atoms. The second-order valence-corrected chi connectivity index (χ2v) is 7.29. The third-order valence-corrected chi connectivity index (χ3v) is 5.25. The summed E-state index contributed by atoms with van der Waals surface area (Å²) in [5.41, 5.74) is 1.92. The van der Waals surface area contributed by atoms with Crippen molar-refractivity contribution >= 4 is 33.2 Å². The Kier molecular flexibility index (Phi) is 6.16. The molecule has 1 fully saturated rings. The molecule has 1 aliphatic heterocycles. The number of para-hydroxylation sites is 2. The summed E-state index contributed by atoms with van der Waals surface area (Å²) in [7, 11) is 1.70. The normalized spacial score (nSPS) is 16.2. The second-order valence-electron chi connectivity index (χ2n) is 6.37. The Balaban J connectivity index is 1.58. The highest BCUT2D eigenvalue weighted by Gasteiger charge is 2.26. The van der Waals surface area contributed by atoms with Crippen LogP contribution in [-0.4, -0.2) is 50.1 Å². The van der Waals surface area contributed by atoms with Gasteiger partial charge in [-0.1, -0.05) is 34.1 Å². The first kappa shape index (κ1) is 18.7. The minimum atomic E-state index is -0.172. The maximum atomic E-state index is 12.6. The van der Waals surface area contributed by atoms with Gasteiger partial charge in [-0.3, -0.25) is 9.69 Å². The molecule has 5 nitrogen and oxygen atoms in total. The fourth-order valence-corrected chi connectivity index (χ4v) is 3.62. The van der Waals surface area contributed by atoms with Crippen LogP contribution in [0.3, 0.4) is 0 Å². The van der Waals surface area contributed by atoms with Crippen molar-refractivity contribution in [2.24, 2.45) is 0 Å². The maximum absolute atomic E-state index is 12.6. The molecule has 1 saturated heterocycles. The molecule has 2 aromatic rings. The van der Waals surface area contributed by atoms with Crippen LogP contribution in [0.15, 0.2) is 53.0 Å². The summed E-state index contributed by atoms with van der Waals surface area (Å²) >= 11 is 3.43. The monoisotopic (exact) mass is 417 g/mol. The van der Waals surface area contributed by atoms with Crippen LogP contribution in [0.25, 0.3) is 0 Å². The summed E-state index contributed by atoms with van der Waals surface area (Å²) < 4.78 is 6.42. The molecule has 0 spiro atoms. The van der Waals surface area contributed by atoms with Crippen LogP contribution < -0.4 is 15.0 Å². The fourth-order valence-electron chi connectivity index (χ4n) is 3.22. The molecule has 1 N–H and O–H groups in total. The number of methoxy groups -OCH3 is 1. The number of carbonyl (C=O) groups is 1. The third kappa shape index (κ3) is 4.37. The highest BCUT2D eigenvalue weighted by atomic mass is 79.9. The summed E-state index contributed by atoms with van der Waals surface area (Å²) in [4.78, 5) is 17.1. The van der Waals surface area contributed by atoms with E-state index in [1.807, 2.05) is 49.4 Å². The van der Waals surface area contributed by atoms with Crippen LogP contribution in [0.1, 0.15) is 6.92 Å². The van der Waals surface area contributed by atoms with E-state index in [2.05, 4.69) is 37.1 Å². The number of rotatable bonds is 5. The molecule has 1 amide bonds. The van der Waals surface area contributed by atoms with Gasteiger partial charge in [-0.05, 0) is 37.3 Å². The molecule has 2 aromatic carbocycles. The quantitative estimate of drug-likeness (QED) is 0.806. The van der Waals surface area contributed by atoms with Gasteiger partial charge in [-0.15, -0.1) is 0 Å². The maximum Gasteiger partial charge on any atom is 0.241 e. The molecule has 3 rings (SSSR count). The molecule has 6 heteroatoms. The SMILES string of the molecule is COc1ccccc1N1CCN([C@@H](C)C(=O)Nc2cccc(Br)c2)CC1. The van der Waals surface area contributed by atoms with Crippen LogP contribution in [0.2, 0.25) is 0 Å². The zero-order valence-corrected chi connectivity index (χ0v) is 16.7. The summed E-state index contributed by atoms with van der Waals surface area (Å²) in [5, 5.41) is 3.00. The van der Waals surface area contributed by atoms with Crippen molar-refractivity contribution in [2.75, 3.05) is 43.5 Å². The Hall–Kier alpha value is -2.05. The van der Waals surface area contributed by atoms with E-state index < -0.39 is 0 Å². The molecule has 0 unspecified atom stereocenters. The van der Waals surface area contributed by atoms with Gasteiger partial charge in [0.1, 0.15) is 5.75 Å². The molecule has 0 bridgehead atoms. The van der Waals surface area contributed by atoms with Gasteiger partial charge >= 0.3 is 0 Å². The first-order valence-electron chi connectivity index (χ1n) is 8.77. The molecule has 0 saturated carbocycles. The van der Waals surface area contributed by atoms with Crippen LogP contribution in [0.4, 0.5) is 11.4 Å². The highest BCUT2D eigenvalue weighted by Crippen LogP contribution is 2.28. The summed E-state index contributed by atoms with van der Waals surface area (Å²) in [6, 6.07) is 15.6. The molecule has 0 aliphatic carbocycles. The predicted molar refractivity (Wildman–Crippen MR) is 109 cm³/mol. The molecule has 1 atom stereocenters. The van der Waals surface area contributed by atoms with Crippen LogP contribution in [-0.2, 0) is 4.79 Å². The number of piperazine rings is 1. The van der Waals surface area contributed by atoms with Gasteiger partial charge in [-0.2, -0.15) is 0 Å². The van der Waals surface area contributed by atoms with Gasteiger partial charge < -0.3 is 15.0 Å². The number of nitrogens with zero attached hydrogens (tertiary/aromatic N) is 2.